The van der Waals surface area contributed by atoms with Crippen LogP contribution in [0.5, 0.6) is 0 Å². The summed E-state index contributed by atoms with van der Waals surface area (Å²) in [6, 6.07) is 7.51. The van der Waals surface area contributed by atoms with Crippen LogP contribution in [-0.4, -0.2) is 23.0 Å². The highest BCUT2D eigenvalue weighted by Gasteiger charge is 2.25. The standard InChI is InChI=1S/C17H18N2O3/c1-10(16(18)20)22-17(21)15-11-6-2-4-8-13(11)19-14-9-5-3-7-12(14)15/h2,4,6,8,10H,3,5,7,9H2,1H3,(H2,18,20)/t10-/m0/s1. The second-order valence-electron chi connectivity index (χ2n) is 5.59. The van der Waals surface area contributed by atoms with Gasteiger partial charge in [0.2, 0.25) is 0 Å². The largest absolute Gasteiger partial charge is 0.449 e. The summed E-state index contributed by atoms with van der Waals surface area (Å²) < 4.78 is 5.23. The number of nitrogens with zero attached hydrogens (tertiary/aromatic N) is 1. The Morgan fingerprint density at radius 1 is 1.23 bits per heavy atom. The first kappa shape index (κ1) is 14.5. The topological polar surface area (TPSA) is 82.3 Å². The average molecular weight is 298 g/mol. The van der Waals surface area contributed by atoms with Crippen LogP contribution >= 0.6 is 0 Å². The van der Waals surface area contributed by atoms with E-state index in [0.717, 1.165) is 47.8 Å². The summed E-state index contributed by atoms with van der Waals surface area (Å²) in [5.74, 6) is -1.15. The number of aryl methyl sites for hydroxylation is 1. The maximum atomic E-state index is 12.6. The van der Waals surface area contributed by atoms with E-state index < -0.39 is 18.0 Å². The first-order valence-corrected chi connectivity index (χ1v) is 7.48. The fourth-order valence-electron chi connectivity index (χ4n) is 2.88. The quantitative estimate of drug-likeness (QED) is 0.880. The number of ether oxygens (including phenoxy) is 1. The van der Waals surface area contributed by atoms with E-state index in [4.69, 9.17) is 10.5 Å². The molecule has 0 radical (unpaired) electrons. The predicted molar refractivity (Wildman–Crippen MR) is 82.5 cm³/mol. The summed E-state index contributed by atoms with van der Waals surface area (Å²) in [5.41, 5.74) is 8.41. The monoisotopic (exact) mass is 298 g/mol. The van der Waals surface area contributed by atoms with Gasteiger partial charge in [0.1, 0.15) is 0 Å². The molecule has 0 unspecified atom stereocenters. The number of primary amides is 1. The number of carbonyl (C=O) groups excluding carboxylic acids is 2. The van der Waals surface area contributed by atoms with E-state index in [1.807, 2.05) is 24.3 Å². The number of hydrogen-bond donors (Lipinski definition) is 1. The fourth-order valence-corrected chi connectivity index (χ4v) is 2.88. The van der Waals surface area contributed by atoms with E-state index in [9.17, 15) is 9.59 Å². The summed E-state index contributed by atoms with van der Waals surface area (Å²) in [6.07, 6.45) is 2.83. The molecule has 1 heterocycles. The molecular formula is C17H18N2O3. The van der Waals surface area contributed by atoms with Crippen LogP contribution in [0.4, 0.5) is 0 Å². The van der Waals surface area contributed by atoms with Crippen molar-refractivity contribution >= 4 is 22.8 Å². The van der Waals surface area contributed by atoms with Crippen LogP contribution in [0.1, 0.15) is 41.4 Å². The Morgan fingerprint density at radius 3 is 2.73 bits per heavy atom. The van der Waals surface area contributed by atoms with E-state index >= 15 is 0 Å². The molecule has 0 saturated carbocycles. The minimum Gasteiger partial charge on any atom is -0.449 e. The molecule has 1 aromatic carbocycles. The molecule has 0 bridgehead atoms. The normalized spacial score (nSPS) is 15.1. The lowest BCUT2D eigenvalue weighted by Crippen LogP contribution is -2.31. The zero-order valence-corrected chi connectivity index (χ0v) is 12.5. The maximum absolute atomic E-state index is 12.6. The van der Waals surface area contributed by atoms with Crippen molar-refractivity contribution in [1.29, 1.82) is 0 Å². The number of amides is 1. The Hall–Kier alpha value is -2.43. The zero-order valence-electron chi connectivity index (χ0n) is 12.5. The van der Waals surface area contributed by atoms with E-state index in [2.05, 4.69) is 4.98 Å². The highest BCUT2D eigenvalue weighted by atomic mass is 16.5. The van der Waals surface area contributed by atoms with Crippen LogP contribution in [0.2, 0.25) is 0 Å². The third kappa shape index (κ3) is 2.54. The van der Waals surface area contributed by atoms with Crippen molar-refractivity contribution in [3.63, 3.8) is 0 Å². The molecule has 0 aliphatic heterocycles. The van der Waals surface area contributed by atoms with E-state index in [0.29, 0.717) is 5.56 Å². The van der Waals surface area contributed by atoms with Gasteiger partial charge in [-0.1, -0.05) is 18.2 Å². The molecule has 1 amide bonds. The highest BCUT2D eigenvalue weighted by molar-refractivity contribution is 6.05. The molecule has 2 aromatic rings. The number of rotatable bonds is 3. The third-order valence-corrected chi connectivity index (χ3v) is 4.06. The summed E-state index contributed by atoms with van der Waals surface area (Å²) in [6.45, 7) is 1.48. The SMILES string of the molecule is C[C@H](OC(=O)c1c2c(nc3ccccc13)CCCC2)C(N)=O. The number of benzene rings is 1. The highest BCUT2D eigenvalue weighted by Crippen LogP contribution is 2.29. The van der Waals surface area contributed by atoms with Gasteiger partial charge in [0.25, 0.3) is 5.91 Å². The molecule has 0 spiro atoms. The van der Waals surface area contributed by atoms with Crippen molar-refractivity contribution < 1.29 is 14.3 Å². The lowest BCUT2D eigenvalue weighted by atomic mass is 9.90. The van der Waals surface area contributed by atoms with Gasteiger partial charge in [0.15, 0.2) is 6.10 Å². The van der Waals surface area contributed by atoms with Gasteiger partial charge < -0.3 is 10.5 Å². The second kappa shape index (κ2) is 5.75. The number of esters is 1. The number of hydrogen-bond acceptors (Lipinski definition) is 4. The van der Waals surface area contributed by atoms with E-state index in [1.165, 1.54) is 6.92 Å². The van der Waals surface area contributed by atoms with Gasteiger partial charge in [-0.25, -0.2) is 4.79 Å². The Morgan fingerprint density at radius 2 is 1.95 bits per heavy atom. The Bertz CT molecular complexity index is 755. The Labute approximate surface area is 128 Å². The lowest BCUT2D eigenvalue weighted by molar-refractivity contribution is -0.125. The van der Waals surface area contributed by atoms with Crippen LogP contribution in [-0.2, 0) is 22.4 Å². The number of aromatic nitrogens is 1. The number of para-hydroxylation sites is 1. The van der Waals surface area contributed by atoms with Crippen LogP contribution in [0, 0.1) is 0 Å². The molecule has 1 atom stereocenters. The Kier molecular flexibility index (Phi) is 3.79. The van der Waals surface area contributed by atoms with E-state index in [1.54, 1.807) is 0 Å². The number of pyridine rings is 1. The lowest BCUT2D eigenvalue weighted by Gasteiger charge is -2.20. The molecule has 5 heteroatoms. The van der Waals surface area contributed by atoms with Crippen molar-refractivity contribution in [3.8, 4) is 0 Å². The van der Waals surface area contributed by atoms with Crippen molar-refractivity contribution in [3.05, 3.63) is 41.1 Å². The van der Waals surface area contributed by atoms with Gasteiger partial charge in [-0.3, -0.25) is 9.78 Å². The van der Waals surface area contributed by atoms with Crippen molar-refractivity contribution in [2.45, 2.75) is 38.7 Å². The predicted octanol–water partition coefficient (Wildman–Crippen LogP) is 2.14. The molecule has 2 N–H and O–H groups in total. The van der Waals surface area contributed by atoms with Crippen molar-refractivity contribution in [2.24, 2.45) is 5.73 Å². The number of nitrogens with two attached hydrogens (primary N) is 1. The molecule has 1 aliphatic rings. The zero-order chi connectivity index (χ0) is 15.7. The van der Waals surface area contributed by atoms with E-state index in [-0.39, 0.29) is 0 Å². The smallest absolute Gasteiger partial charge is 0.339 e. The fraction of sp³-hybridized carbons (Fsp3) is 0.353. The Balaban J connectivity index is 2.13. The first-order valence-electron chi connectivity index (χ1n) is 7.48. The van der Waals surface area contributed by atoms with Gasteiger partial charge >= 0.3 is 5.97 Å². The summed E-state index contributed by atoms with van der Waals surface area (Å²) in [4.78, 5) is 28.4. The summed E-state index contributed by atoms with van der Waals surface area (Å²) in [5, 5.41) is 0.768. The summed E-state index contributed by atoms with van der Waals surface area (Å²) in [7, 11) is 0. The van der Waals surface area contributed by atoms with Crippen LogP contribution < -0.4 is 5.73 Å². The van der Waals surface area contributed by atoms with Gasteiger partial charge in [0.05, 0.1) is 11.1 Å². The van der Waals surface area contributed by atoms with Gasteiger partial charge in [0, 0.05) is 11.1 Å². The molecule has 0 fully saturated rings. The number of fused-ring (bicyclic) bond motifs is 2. The van der Waals surface area contributed by atoms with Crippen LogP contribution in [0.25, 0.3) is 10.9 Å². The molecule has 3 rings (SSSR count). The minimum absolute atomic E-state index is 0.497. The van der Waals surface area contributed by atoms with Crippen LogP contribution in [0.15, 0.2) is 24.3 Å². The first-order chi connectivity index (χ1) is 10.6. The van der Waals surface area contributed by atoms with Crippen molar-refractivity contribution in [1.82, 2.24) is 4.98 Å². The molecule has 1 aliphatic carbocycles. The second-order valence-corrected chi connectivity index (χ2v) is 5.59. The minimum atomic E-state index is -0.946. The summed E-state index contributed by atoms with van der Waals surface area (Å²) >= 11 is 0. The van der Waals surface area contributed by atoms with Gasteiger partial charge in [-0.2, -0.15) is 0 Å². The molecule has 1 aromatic heterocycles. The molecule has 5 nitrogen and oxygen atoms in total. The maximum Gasteiger partial charge on any atom is 0.339 e. The molecule has 22 heavy (non-hydrogen) atoms. The molecule has 114 valence electrons. The van der Waals surface area contributed by atoms with Gasteiger partial charge in [-0.05, 0) is 44.2 Å². The number of carbonyl (C=O) groups is 2. The van der Waals surface area contributed by atoms with Crippen molar-refractivity contribution in [2.75, 3.05) is 0 Å². The van der Waals surface area contributed by atoms with Gasteiger partial charge in [-0.15, -0.1) is 0 Å². The third-order valence-electron chi connectivity index (χ3n) is 4.06. The van der Waals surface area contributed by atoms with Crippen LogP contribution in [0.3, 0.4) is 0 Å². The average Bonchev–Trinajstić information content (AvgIpc) is 2.52. The molecule has 0 saturated heterocycles. The molecular weight excluding hydrogens is 280 g/mol.